The Morgan fingerprint density at radius 1 is 1.16 bits per heavy atom. The molecule has 0 aliphatic rings. The van der Waals surface area contributed by atoms with E-state index in [1.807, 2.05) is 0 Å². The van der Waals surface area contributed by atoms with Gasteiger partial charge in [0.15, 0.2) is 24.1 Å². The Kier molecular flexibility index (Phi) is 4.59. The quantitative estimate of drug-likeness (QED) is 0.714. The first kappa shape index (κ1) is 16.4. The van der Waals surface area contributed by atoms with Gasteiger partial charge in [-0.25, -0.2) is 17.9 Å². The van der Waals surface area contributed by atoms with Crippen LogP contribution >= 0.6 is 0 Å². The van der Waals surface area contributed by atoms with E-state index >= 15 is 0 Å². The average molecular weight is 349 g/mol. The molecule has 10 heteroatoms. The molecule has 0 aliphatic carbocycles. The van der Waals surface area contributed by atoms with Crippen molar-refractivity contribution in [2.75, 3.05) is 11.9 Å². The van der Waals surface area contributed by atoms with Crippen LogP contribution in [0.15, 0.2) is 42.7 Å². The van der Waals surface area contributed by atoms with Crippen LogP contribution in [0, 0.1) is 17.5 Å². The van der Waals surface area contributed by atoms with Gasteiger partial charge in [-0.3, -0.25) is 4.79 Å². The molecule has 2 aromatic carbocycles. The van der Waals surface area contributed by atoms with Crippen LogP contribution in [-0.4, -0.2) is 32.7 Å². The minimum absolute atomic E-state index is 0.342. The Labute approximate surface area is 139 Å². The summed E-state index contributed by atoms with van der Waals surface area (Å²) in [5.74, 6) is -4.88. The summed E-state index contributed by atoms with van der Waals surface area (Å²) >= 11 is 0. The van der Waals surface area contributed by atoms with Gasteiger partial charge in [-0.05, 0) is 34.7 Å². The number of tetrazole rings is 1. The molecule has 1 N–H and O–H groups in total. The van der Waals surface area contributed by atoms with Gasteiger partial charge in [0.1, 0.15) is 12.1 Å². The van der Waals surface area contributed by atoms with E-state index in [9.17, 15) is 18.0 Å². The molecular weight excluding hydrogens is 339 g/mol. The number of rotatable bonds is 5. The number of benzene rings is 2. The van der Waals surface area contributed by atoms with Crippen molar-refractivity contribution in [3.05, 3.63) is 60.2 Å². The fraction of sp³-hybridized carbons (Fsp3) is 0.0667. The normalized spacial score (nSPS) is 10.5. The van der Waals surface area contributed by atoms with Crippen molar-refractivity contribution in [2.45, 2.75) is 0 Å². The number of ether oxygens (including phenoxy) is 1. The third-order valence-corrected chi connectivity index (χ3v) is 3.11. The monoisotopic (exact) mass is 349 g/mol. The summed E-state index contributed by atoms with van der Waals surface area (Å²) in [4.78, 5) is 11.8. The lowest BCUT2D eigenvalue weighted by Crippen LogP contribution is -2.21. The highest BCUT2D eigenvalue weighted by atomic mass is 19.2. The van der Waals surface area contributed by atoms with Gasteiger partial charge in [-0.15, -0.1) is 5.10 Å². The standard InChI is InChI=1S/C15H10F3N5O2/c16-11-4-5-12(15(18)14(11)17)20-13(24)7-25-10-3-1-2-9(6-10)23-8-19-21-22-23/h1-6,8H,7H2,(H,20,24). The Hall–Kier alpha value is -3.43. The molecule has 1 amide bonds. The van der Waals surface area contributed by atoms with Crippen molar-refractivity contribution >= 4 is 11.6 Å². The molecule has 0 spiro atoms. The molecule has 25 heavy (non-hydrogen) atoms. The van der Waals surface area contributed by atoms with E-state index in [0.717, 1.165) is 6.07 Å². The highest BCUT2D eigenvalue weighted by Crippen LogP contribution is 2.20. The number of carbonyl (C=O) groups is 1. The van der Waals surface area contributed by atoms with Crippen LogP contribution in [0.5, 0.6) is 5.75 Å². The van der Waals surface area contributed by atoms with Crippen LogP contribution in [0.3, 0.4) is 0 Å². The summed E-state index contributed by atoms with van der Waals surface area (Å²) in [5, 5.41) is 12.8. The van der Waals surface area contributed by atoms with Crippen molar-refractivity contribution in [1.29, 1.82) is 0 Å². The first-order valence-electron chi connectivity index (χ1n) is 6.94. The largest absolute Gasteiger partial charge is 0.484 e. The summed E-state index contributed by atoms with van der Waals surface area (Å²) in [6.07, 6.45) is 1.39. The molecule has 128 valence electrons. The van der Waals surface area contributed by atoms with Crippen LogP contribution in [0.25, 0.3) is 5.69 Å². The van der Waals surface area contributed by atoms with Crippen LogP contribution in [0.1, 0.15) is 0 Å². The summed E-state index contributed by atoms with van der Waals surface area (Å²) in [6.45, 7) is -0.461. The van der Waals surface area contributed by atoms with Gasteiger partial charge >= 0.3 is 0 Å². The molecule has 0 radical (unpaired) electrons. The summed E-state index contributed by atoms with van der Waals surface area (Å²) < 4.78 is 46.2. The second-order valence-electron chi connectivity index (χ2n) is 4.81. The Morgan fingerprint density at radius 2 is 2.00 bits per heavy atom. The number of nitrogens with zero attached hydrogens (tertiary/aromatic N) is 4. The van der Waals surface area contributed by atoms with Crippen molar-refractivity contribution in [2.24, 2.45) is 0 Å². The van der Waals surface area contributed by atoms with E-state index in [1.54, 1.807) is 24.3 Å². The number of halogens is 3. The van der Waals surface area contributed by atoms with Gasteiger partial charge < -0.3 is 10.1 Å². The molecule has 0 aliphatic heterocycles. The molecular formula is C15H10F3N5O2. The number of anilines is 1. The number of carbonyl (C=O) groups excluding carboxylic acids is 1. The van der Waals surface area contributed by atoms with Crippen molar-refractivity contribution < 1.29 is 22.7 Å². The first-order chi connectivity index (χ1) is 12.0. The molecule has 3 aromatic rings. The summed E-state index contributed by atoms with van der Waals surface area (Å²) in [5.41, 5.74) is 0.129. The number of aromatic nitrogens is 4. The molecule has 7 nitrogen and oxygen atoms in total. The molecule has 1 aromatic heterocycles. The van der Waals surface area contributed by atoms with Crippen LogP contribution < -0.4 is 10.1 Å². The maximum absolute atomic E-state index is 13.5. The van der Waals surface area contributed by atoms with Gasteiger partial charge in [0.25, 0.3) is 5.91 Å². The van der Waals surface area contributed by atoms with Crippen molar-refractivity contribution in [3.8, 4) is 11.4 Å². The lowest BCUT2D eigenvalue weighted by Gasteiger charge is -2.09. The zero-order valence-electron chi connectivity index (χ0n) is 12.5. The third-order valence-electron chi connectivity index (χ3n) is 3.11. The molecule has 0 unspecified atom stereocenters. The number of hydrogen-bond acceptors (Lipinski definition) is 5. The maximum atomic E-state index is 13.5. The second kappa shape index (κ2) is 6.99. The van der Waals surface area contributed by atoms with Crippen LogP contribution in [0.2, 0.25) is 0 Å². The predicted octanol–water partition coefficient (Wildman–Crippen LogP) is 2.10. The van der Waals surface area contributed by atoms with E-state index < -0.39 is 35.7 Å². The van der Waals surface area contributed by atoms with Gasteiger partial charge in [0, 0.05) is 6.07 Å². The van der Waals surface area contributed by atoms with E-state index in [2.05, 4.69) is 20.8 Å². The third kappa shape index (κ3) is 3.74. The van der Waals surface area contributed by atoms with E-state index in [1.165, 1.54) is 11.0 Å². The lowest BCUT2D eigenvalue weighted by atomic mass is 10.2. The average Bonchev–Trinajstić information content (AvgIpc) is 3.15. The lowest BCUT2D eigenvalue weighted by molar-refractivity contribution is -0.118. The van der Waals surface area contributed by atoms with E-state index in [-0.39, 0.29) is 0 Å². The Balaban J connectivity index is 1.63. The number of nitrogens with one attached hydrogen (secondary N) is 1. The van der Waals surface area contributed by atoms with Crippen molar-refractivity contribution in [1.82, 2.24) is 20.2 Å². The van der Waals surface area contributed by atoms with Gasteiger partial charge in [0.2, 0.25) is 0 Å². The highest BCUT2D eigenvalue weighted by molar-refractivity contribution is 5.92. The van der Waals surface area contributed by atoms with Gasteiger partial charge in [-0.1, -0.05) is 6.07 Å². The Bertz CT molecular complexity index is 902. The second-order valence-corrected chi connectivity index (χ2v) is 4.81. The fourth-order valence-corrected chi connectivity index (χ4v) is 1.95. The molecule has 0 saturated heterocycles. The number of hydrogen-bond donors (Lipinski definition) is 1. The fourth-order valence-electron chi connectivity index (χ4n) is 1.95. The van der Waals surface area contributed by atoms with E-state index in [4.69, 9.17) is 4.74 Å². The summed E-state index contributed by atoms with van der Waals surface area (Å²) in [6, 6.07) is 8.20. The van der Waals surface area contributed by atoms with E-state index in [0.29, 0.717) is 17.5 Å². The topological polar surface area (TPSA) is 81.9 Å². The molecule has 0 atom stereocenters. The number of amides is 1. The minimum Gasteiger partial charge on any atom is -0.484 e. The van der Waals surface area contributed by atoms with Crippen LogP contribution in [0.4, 0.5) is 18.9 Å². The molecule has 3 rings (SSSR count). The summed E-state index contributed by atoms with van der Waals surface area (Å²) in [7, 11) is 0. The molecule has 0 fully saturated rings. The van der Waals surface area contributed by atoms with Gasteiger partial charge in [-0.2, -0.15) is 0 Å². The van der Waals surface area contributed by atoms with Gasteiger partial charge in [0.05, 0.1) is 11.4 Å². The SMILES string of the molecule is O=C(COc1cccc(-n2cnnn2)c1)Nc1ccc(F)c(F)c1F. The molecule has 1 heterocycles. The highest BCUT2D eigenvalue weighted by Gasteiger charge is 2.15. The zero-order chi connectivity index (χ0) is 17.8. The van der Waals surface area contributed by atoms with Crippen molar-refractivity contribution in [3.63, 3.8) is 0 Å². The maximum Gasteiger partial charge on any atom is 0.262 e. The van der Waals surface area contributed by atoms with Crippen LogP contribution in [-0.2, 0) is 4.79 Å². The zero-order valence-corrected chi connectivity index (χ0v) is 12.5. The Morgan fingerprint density at radius 3 is 2.76 bits per heavy atom. The smallest absolute Gasteiger partial charge is 0.262 e. The molecule has 0 saturated carbocycles. The first-order valence-corrected chi connectivity index (χ1v) is 6.94. The predicted molar refractivity (Wildman–Crippen MR) is 79.6 cm³/mol. The molecule has 0 bridgehead atoms. The minimum atomic E-state index is -1.66.